The van der Waals surface area contributed by atoms with Crippen LogP contribution in [0.2, 0.25) is 0 Å². The number of rotatable bonds is 7. The van der Waals surface area contributed by atoms with Gasteiger partial charge >= 0.3 is 0 Å². The zero-order valence-electron chi connectivity index (χ0n) is 14.3. The highest BCUT2D eigenvalue weighted by molar-refractivity contribution is 7.92. The number of nitrogens with one attached hydrogen (secondary N) is 1. The van der Waals surface area contributed by atoms with Gasteiger partial charge in [-0.3, -0.25) is 4.98 Å². The van der Waals surface area contributed by atoms with Crippen LogP contribution in [0.4, 0.5) is 0 Å². The molecule has 1 fully saturated rings. The second kappa shape index (κ2) is 9.05. The van der Waals surface area contributed by atoms with Gasteiger partial charge in [-0.1, -0.05) is 36.4 Å². The average Bonchev–Trinajstić information content (AvgIpc) is 2.67. The van der Waals surface area contributed by atoms with Crippen LogP contribution in [0, 0.1) is 0 Å². The summed E-state index contributed by atoms with van der Waals surface area (Å²) in [6.45, 7) is 1.16. The highest BCUT2D eigenvalue weighted by Gasteiger charge is 2.29. The minimum Gasteiger partial charge on any atom is -0.379 e. The van der Waals surface area contributed by atoms with Gasteiger partial charge in [0.15, 0.2) is 0 Å². The van der Waals surface area contributed by atoms with Gasteiger partial charge in [0.1, 0.15) is 0 Å². The highest BCUT2D eigenvalue weighted by Crippen LogP contribution is 2.15. The van der Waals surface area contributed by atoms with Crippen LogP contribution in [0.3, 0.4) is 0 Å². The van der Waals surface area contributed by atoms with E-state index in [2.05, 4.69) is 9.71 Å². The van der Waals surface area contributed by atoms with Gasteiger partial charge in [-0.2, -0.15) is 0 Å². The maximum Gasteiger partial charge on any atom is 0.234 e. The van der Waals surface area contributed by atoms with Gasteiger partial charge < -0.3 is 9.47 Å². The van der Waals surface area contributed by atoms with Crippen molar-refractivity contribution < 1.29 is 17.9 Å². The molecule has 1 aromatic heterocycles. The largest absolute Gasteiger partial charge is 0.379 e. The van der Waals surface area contributed by atoms with E-state index < -0.39 is 10.0 Å². The molecule has 0 bridgehead atoms. The zero-order valence-corrected chi connectivity index (χ0v) is 15.1. The van der Waals surface area contributed by atoms with E-state index in [0.29, 0.717) is 26.2 Å². The molecule has 1 aromatic carbocycles. The molecule has 7 heteroatoms. The summed E-state index contributed by atoms with van der Waals surface area (Å²) in [7, 11) is -3.58. The summed E-state index contributed by atoms with van der Waals surface area (Å²) in [6, 6.07) is 14.6. The van der Waals surface area contributed by atoms with Crippen LogP contribution >= 0.6 is 0 Å². The Bertz CT molecular complexity index is 810. The molecule has 1 aliphatic rings. The summed E-state index contributed by atoms with van der Waals surface area (Å²) in [5.74, 6) is 0. The Kier molecular flexibility index (Phi) is 6.51. The number of sulfonamides is 1. The molecule has 1 saturated heterocycles. The molecule has 2 atom stereocenters. The van der Waals surface area contributed by atoms with Gasteiger partial charge in [-0.15, -0.1) is 0 Å². The summed E-state index contributed by atoms with van der Waals surface area (Å²) in [5, 5.41) is 1.19. The first kappa shape index (κ1) is 18.7. The Morgan fingerprint density at radius 1 is 1.19 bits per heavy atom. The molecule has 26 heavy (non-hydrogen) atoms. The lowest BCUT2D eigenvalue weighted by Gasteiger charge is -2.31. The minimum absolute atomic E-state index is 0.312. The molecule has 1 aliphatic heterocycles. The maximum absolute atomic E-state index is 12.4. The normalized spacial score (nSPS) is 21.1. The molecule has 2 heterocycles. The average molecular weight is 374 g/mol. The summed E-state index contributed by atoms with van der Waals surface area (Å²) < 4.78 is 38.8. The van der Waals surface area contributed by atoms with E-state index in [-0.39, 0.29) is 12.1 Å². The first-order valence-corrected chi connectivity index (χ1v) is 10.0. The fraction of sp³-hybridized carbons (Fsp3) is 0.316. The number of hydrogen-bond acceptors (Lipinski definition) is 5. The zero-order chi connectivity index (χ0) is 18.2. The molecule has 6 nitrogen and oxygen atoms in total. The summed E-state index contributed by atoms with van der Waals surface area (Å²) >= 11 is 0. The lowest BCUT2D eigenvalue weighted by Crippen LogP contribution is -2.49. The van der Waals surface area contributed by atoms with Crippen LogP contribution in [0.25, 0.3) is 6.08 Å². The molecule has 0 unspecified atom stereocenters. The van der Waals surface area contributed by atoms with Crippen LogP contribution < -0.4 is 4.72 Å². The third-order valence-corrected chi connectivity index (χ3v) is 5.16. The van der Waals surface area contributed by atoms with Crippen molar-refractivity contribution >= 4 is 16.1 Å². The van der Waals surface area contributed by atoms with E-state index in [1.165, 1.54) is 5.41 Å². The highest BCUT2D eigenvalue weighted by atomic mass is 32.2. The molecule has 0 spiro atoms. The topological polar surface area (TPSA) is 77.5 Å². The molecule has 0 aliphatic carbocycles. The van der Waals surface area contributed by atoms with E-state index in [1.54, 1.807) is 12.3 Å². The molecule has 0 saturated carbocycles. The van der Waals surface area contributed by atoms with Crippen LogP contribution in [0.5, 0.6) is 0 Å². The van der Waals surface area contributed by atoms with Gasteiger partial charge in [0.2, 0.25) is 10.0 Å². The predicted octanol–water partition coefficient (Wildman–Crippen LogP) is 2.35. The Hall–Kier alpha value is -2.06. The Morgan fingerprint density at radius 3 is 2.77 bits per heavy atom. The molecule has 2 aromatic rings. The SMILES string of the molecule is O=S(=O)(/C=C/c1ccccc1)N[C@@H]1CCOC[C@H]1OCc1ccccn1. The van der Waals surface area contributed by atoms with Crippen molar-refractivity contribution in [2.45, 2.75) is 25.2 Å². The van der Waals surface area contributed by atoms with Crippen molar-refractivity contribution in [3.8, 4) is 0 Å². The molecule has 0 amide bonds. The molecule has 3 rings (SSSR count). The summed E-state index contributed by atoms with van der Waals surface area (Å²) in [6.07, 6.45) is 3.48. The van der Waals surface area contributed by atoms with E-state index in [1.807, 2.05) is 48.5 Å². The van der Waals surface area contributed by atoms with Gasteiger partial charge in [0.05, 0.1) is 31.1 Å². The second-order valence-electron chi connectivity index (χ2n) is 6.02. The van der Waals surface area contributed by atoms with Crippen molar-refractivity contribution in [1.29, 1.82) is 0 Å². The van der Waals surface area contributed by atoms with E-state index in [9.17, 15) is 8.42 Å². The molecular weight excluding hydrogens is 352 g/mol. The lowest BCUT2D eigenvalue weighted by atomic mass is 10.1. The van der Waals surface area contributed by atoms with Gasteiger partial charge in [-0.05, 0) is 30.2 Å². The number of nitrogens with zero attached hydrogens (tertiary/aromatic N) is 1. The van der Waals surface area contributed by atoms with Gasteiger partial charge in [0.25, 0.3) is 0 Å². The Balaban J connectivity index is 1.61. The van der Waals surface area contributed by atoms with Gasteiger partial charge in [0, 0.05) is 18.2 Å². The molecule has 138 valence electrons. The van der Waals surface area contributed by atoms with Gasteiger partial charge in [-0.25, -0.2) is 13.1 Å². The molecular formula is C19H22N2O4S. The number of hydrogen-bond donors (Lipinski definition) is 1. The standard InChI is InChI=1S/C19H22N2O4S/c22-26(23,13-10-16-6-2-1-3-7-16)21-18-9-12-24-15-19(18)25-14-17-8-4-5-11-20-17/h1-8,10-11,13,18-19,21H,9,12,14-15H2/b13-10+/t18-,19-/m1/s1. The van der Waals surface area contributed by atoms with Crippen molar-refractivity contribution in [1.82, 2.24) is 9.71 Å². The number of ether oxygens (including phenoxy) is 2. The fourth-order valence-electron chi connectivity index (χ4n) is 2.67. The number of pyridine rings is 1. The van der Waals surface area contributed by atoms with Crippen LogP contribution in [0.15, 0.2) is 60.1 Å². The quantitative estimate of drug-likeness (QED) is 0.805. The molecule has 1 N–H and O–H groups in total. The first-order valence-electron chi connectivity index (χ1n) is 8.47. The second-order valence-corrected chi connectivity index (χ2v) is 7.61. The third kappa shape index (κ3) is 5.74. The monoisotopic (exact) mass is 374 g/mol. The van der Waals surface area contributed by atoms with E-state index in [0.717, 1.165) is 11.3 Å². The molecule has 0 radical (unpaired) electrons. The number of aromatic nitrogens is 1. The van der Waals surface area contributed by atoms with E-state index in [4.69, 9.17) is 9.47 Å². The van der Waals surface area contributed by atoms with Crippen molar-refractivity contribution in [3.05, 3.63) is 71.4 Å². The van der Waals surface area contributed by atoms with Crippen molar-refractivity contribution in [2.75, 3.05) is 13.2 Å². The Morgan fingerprint density at radius 2 is 2.00 bits per heavy atom. The first-order chi connectivity index (χ1) is 12.6. The number of benzene rings is 1. The lowest BCUT2D eigenvalue weighted by molar-refractivity contribution is -0.0718. The Labute approximate surface area is 153 Å². The summed E-state index contributed by atoms with van der Waals surface area (Å²) in [5.41, 5.74) is 1.62. The fourth-order valence-corrected chi connectivity index (χ4v) is 3.78. The summed E-state index contributed by atoms with van der Waals surface area (Å²) in [4.78, 5) is 4.21. The van der Waals surface area contributed by atoms with Crippen LogP contribution in [-0.4, -0.2) is 38.8 Å². The van der Waals surface area contributed by atoms with E-state index >= 15 is 0 Å². The smallest absolute Gasteiger partial charge is 0.234 e. The minimum atomic E-state index is -3.58. The third-order valence-electron chi connectivity index (χ3n) is 4.03. The van der Waals surface area contributed by atoms with Crippen LogP contribution in [0.1, 0.15) is 17.7 Å². The van der Waals surface area contributed by atoms with Crippen LogP contribution in [-0.2, 0) is 26.1 Å². The van der Waals surface area contributed by atoms with Crippen molar-refractivity contribution in [3.63, 3.8) is 0 Å². The predicted molar refractivity (Wildman–Crippen MR) is 99.6 cm³/mol. The maximum atomic E-state index is 12.4. The van der Waals surface area contributed by atoms with Crippen molar-refractivity contribution in [2.24, 2.45) is 0 Å².